The average molecular weight is 747 g/mol. The molecule has 280 valence electrons. The van der Waals surface area contributed by atoms with Gasteiger partial charge in [-0.15, -0.1) is 0 Å². The number of likely N-dealkylation sites (tertiary alicyclic amines) is 1. The highest BCUT2D eigenvalue weighted by Gasteiger charge is 2.33. The van der Waals surface area contributed by atoms with Gasteiger partial charge in [0.25, 0.3) is 5.56 Å². The van der Waals surface area contributed by atoms with E-state index in [9.17, 15) is 19.2 Å². The number of hydrogen-bond acceptors (Lipinski definition) is 9. The summed E-state index contributed by atoms with van der Waals surface area (Å²) in [6.07, 6.45) is 6.96. The summed E-state index contributed by atoms with van der Waals surface area (Å²) >= 11 is 6.89. The van der Waals surface area contributed by atoms with Crippen molar-refractivity contribution < 1.29 is 23.5 Å². The molecule has 0 radical (unpaired) electrons. The van der Waals surface area contributed by atoms with E-state index in [1.165, 1.54) is 10.6 Å². The summed E-state index contributed by atoms with van der Waals surface area (Å²) in [4.78, 5) is 55.9. The third-order valence-electron chi connectivity index (χ3n) is 11.0. The van der Waals surface area contributed by atoms with E-state index in [0.29, 0.717) is 71.9 Å². The fourth-order valence-electron chi connectivity index (χ4n) is 7.89. The number of pyridine rings is 1. The molecule has 3 fully saturated rings. The summed E-state index contributed by atoms with van der Waals surface area (Å²) < 4.78 is 22.6. The Labute approximate surface area is 311 Å². The van der Waals surface area contributed by atoms with Crippen LogP contribution in [0.1, 0.15) is 44.1 Å². The summed E-state index contributed by atoms with van der Waals surface area (Å²) in [5.74, 6) is -0.421. The van der Waals surface area contributed by atoms with Crippen LogP contribution in [0, 0.1) is 11.7 Å². The Morgan fingerprint density at radius 1 is 1.08 bits per heavy atom. The SMILES string of the molecule is COc1cc(-c2cn(C)c(=O)c3[nH]ncc23)cc(Cl)c1CN1CCC(N(C)C(=O)C2CCN(c3ccc(NC4CCC(=O)NC4=O)cc3F)CC2)CC1. The van der Waals surface area contributed by atoms with Crippen molar-refractivity contribution in [1.82, 2.24) is 29.9 Å². The number of anilines is 2. The minimum absolute atomic E-state index is 0.122. The minimum Gasteiger partial charge on any atom is -0.496 e. The number of carbonyl (C=O) groups excluding carboxylic acids is 3. The summed E-state index contributed by atoms with van der Waals surface area (Å²) in [6.45, 7) is 3.33. The Morgan fingerprint density at radius 2 is 1.83 bits per heavy atom. The van der Waals surface area contributed by atoms with Gasteiger partial charge in [0.05, 0.1) is 19.0 Å². The Morgan fingerprint density at radius 3 is 2.53 bits per heavy atom. The van der Waals surface area contributed by atoms with Gasteiger partial charge < -0.3 is 24.4 Å². The smallest absolute Gasteiger partial charge is 0.276 e. The molecular formula is C38H44ClFN8O5. The number of ether oxygens (including phenoxy) is 1. The van der Waals surface area contributed by atoms with E-state index in [-0.39, 0.29) is 35.8 Å². The van der Waals surface area contributed by atoms with Crippen molar-refractivity contribution in [1.29, 1.82) is 0 Å². The van der Waals surface area contributed by atoms with Crippen LogP contribution in [0.25, 0.3) is 22.0 Å². The van der Waals surface area contributed by atoms with Crippen LogP contribution in [0.2, 0.25) is 5.02 Å². The third-order valence-corrected chi connectivity index (χ3v) is 11.4. The largest absolute Gasteiger partial charge is 0.496 e. The first-order valence-electron chi connectivity index (χ1n) is 18.0. The predicted molar refractivity (Wildman–Crippen MR) is 201 cm³/mol. The highest BCUT2D eigenvalue weighted by molar-refractivity contribution is 6.32. The normalized spacial score (nSPS) is 19.0. The molecule has 0 aliphatic carbocycles. The second-order valence-electron chi connectivity index (χ2n) is 14.3. The van der Waals surface area contributed by atoms with Crippen molar-refractivity contribution in [2.45, 2.75) is 57.2 Å². The molecule has 53 heavy (non-hydrogen) atoms. The van der Waals surface area contributed by atoms with Crippen molar-refractivity contribution in [3.63, 3.8) is 0 Å². The lowest BCUT2D eigenvalue weighted by atomic mass is 9.93. The first-order chi connectivity index (χ1) is 25.5. The van der Waals surface area contributed by atoms with Gasteiger partial charge in [-0.25, -0.2) is 4.39 Å². The molecule has 0 saturated carbocycles. The van der Waals surface area contributed by atoms with Gasteiger partial charge in [-0.3, -0.25) is 34.5 Å². The lowest BCUT2D eigenvalue weighted by Crippen LogP contribution is -2.49. The molecule has 1 atom stereocenters. The van der Waals surface area contributed by atoms with Crippen LogP contribution in [0.3, 0.4) is 0 Å². The number of imide groups is 1. The Hall–Kier alpha value is -4.95. The number of amides is 3. The summed E-state index contributed by atoms with van der Waals surface area (Å²) in [7, 11) is 5.23. The molecule has 3 aliphatic rings. The van der Waals surface area contributed by atoms with Gasteiger partial charge in [-0.2, -0.15) is 5.10 Å². The van der Waals surface area contributed by atoms with Gasteiger partial charge >= 0.3 is 0 Å². The van der Waals surface area contributed by atoms with Crippen molar-refractivity contribution >= 4 is 51.6 Å². The maximum atomic E-state index is 15.2. The van der Waals surface area contributed by atoms with E-state index in [1.54, 1.807) is 38.7 Å². The highest BCUT2D eigenvalue weighted by atomic mass is 35.5. The number of aromatic nitrogens is 3. The van der Waals surface area contributed by atoms with E-state index in [4.69, 9.17) is 16.3 Å². The summed E-state index contributed by atoms with van der Waals surface area (Å²) in [5, 5.41) is 13.5. The molecule has 4 aromatic rings. The number of H-pyrrole nitrogens is 1. The number of nitrogens with one attached hydrogen (secondary N) is 3. The lowest BCUT2D eigenvalue weighted by molar-refractivity contribution is -0.138. The van der Waals surface area contributed by atoms with Crippen molar-refractivity contribution in [3.8, 4) is 16.9 Å². The molecule has 13 nitrogen and oxygen atoms in total. The van der Waals surface area contributed by atoms with Crippen LogP contribution in [0.4, 0.5) is 15.8 Å². The van der Waals surface area contributed by atoms with Gasteiger partial charge in [-0.1, -0.05) is 11.6 Å². The zero-order chi connectivity index (χ0) is 37.4. The second-order valence-corrected chi connectivity index (χ2v) is 14.7. The van der Waals surface area contributed by atoms with Gasteiger partial charge in [0, 0.05) is 98.6 Å². The van der Waals surface area contributed by atoms with E-state index < -0.39 is 17.8 Å². The van der Waals surface area contributed by atoms with Crippen LogP contribution in [-0.2, 0) is 28.0 Å². The summed E-state index contributed by atoms with van der Waals surface area (Å²) in [6, 6.07) is 8.22. The van der Waals surface area contributed by atoms with E-state index in [0.717, 1.165) is 42.6 Å². The molecule has 0 bridgehead atoms. The first-order valence-corrected chi connectivity index (χ1v) is 18.4. The third kappa shape index (κ3) is 7.47. The molecular weight excluding hydrogens is 703 g/mol. The van der Waals surface area contributed by atoms with Crippen molar-refractivity contribution in [2.75, 3.05) is 50.6 Å². The number of halogens is 2. The summed E-state index contributed by atoms with van der Waals surface area (Å²) in [5.41, 5.74) is 3.76. The van der Waals surface area contributed by atoms with Crippen LogP contribution in [-0.4, -0.2) is 94.7 Å². The Bertz CT molecular complexity index is 2100. The standard InChI is InChI=1S/C38H44ClFN8O5/c1-45-20-27(26-19-41-44-35(26)38(45)52)23-16-29(39)28(33(17-23)53-3)21-47-12-10-25(11-13-47)46(2)37(51)22-8-14-48(15-9-22)32-6-4-24(18-30(32)40)42-31-5-7-34(49)43-36(31)50/h4,6,16-20,22,25,31,42H,5,7-15,21H2,1-3H3,(H,41,44)(H,43,49,50). The molecule has 15 heteroatoms. The first kappa shape index (κ1) is 36.4. The Kier molecular flexibility index (Phi) is 10.4. The second kappa shape index (κ2) is 15.2. The number of methoxy groups -OCH3 is 1. The van der Waals surface area contributed by atoms with Gasteiger partial charge in [0.2, 0.25) is 17.7 Å². The topological polar surface area (TPSA) is 145 Å². The number of aryl methyl sites for hydroxylation is 1. The van der Waals surface area contributed by atoms with Gasteiger partial charge in [0.1, 0.15) is 23.1 Å². The maximum Gasteiger partial charge on any atom is 0.276 e. The van der Waals surface area contributed by atoms with Gasteiger partial charge in [0.15, 0.2) is 0 Å². The number of nitrogens with zero attached hydrogens (tertiary/aromatic N) is 5. The molecule has 7 rings (SSSR count). The molecule has 3 aliphatic heterocycles. The molecule has 1 unspecified atom stereocenters. The van der Waals surface area contributed by atoms with E-state index in [1.807, 2.05) is 29.0 Å². The van der Waals surface area contributed by atoms with E-state index >= 15 is 4.39 Å². The molecule has 5 heterocycles. The minimum atomic E-state index is -0.584. The zero-order valence-corrected chi connectivity index (χ0v) is 30.8. The fraction of sp³-hybridized carbons (Fsp3) is 0.447. The zero-order valence-electron chi connectivity index (χ0n) is 30.1. The quantitative estimate of drug-likeness (QED) is 0.214. The predicted octanol–water partition coefficient (Wildman–Crippen LogP) is 4.29. The highest BCUT2D eigenvalue weighted by Crippen LogP contribution is 2.37. The molecule has 3 amide bonds. The number of piperidine rings is 3. The monoisotopic (exact) mass is 746 g/mol. The molecule has 3 saturated heterocycles. The number of carbonyl (C=O) groups is 3. The molecule has 0 spiro atoms. The Balaban J connectivity index is 0.916. The maximum absolute atomic E-state index is 15.2. The van der Waals surface area contributed by atoms with Crippen molar-refractivity contribution in [2.24, 2.45) is 13.0 Å². The van der Waals surface area contributed by atoms with E-state index in [2.05, 4.69) is 25.7 Å². The number of aromatic amines is 1. The number of fused-ring (bicyclic) bond motifs is 1. The molecule has 3 N–H and O–H groups in total. The number of rotatable bonds is 9. The van der Waals surface area contributed by atoms with Crippen molar-refractivity contribution in [3.05, 3.63) is 69.5 Å². The van der Waals surface area contributed by atoms with Crippen LogP contribution in [0.15, 0.2) is 47.5 Å². The van der Waals surface area contributed by atoms with Crippen LogP contribution in [0.5, 0.6) is 5.75 Å². The molecule has 2 aromatic carbocycles. The number of benzene rings is 2. The van der Waals surface area contributed by atoms with Gasteiger partial charge in [-0.05, 0) is 68.0 Å². The fourth-order valence-corrected chi connectivity index (χ4v) is 8.16. The van der Waals surface area contributed by atoms with Crippen LogP contribution < -0.4 is 25.8 Å². The lowest BCUT2D eigenvalue weighted by Gasteiger charge is -2.40. The molecule has 2 aromatic heterocycles. The van der Waals surface area contributed by atoms with Crippen LogP contribution >= 0.6 is 11.6 Å². The average Bonchev–Trinajstić information content (AvgIpc) is 3.65. The number of hydrogen-bond donors (Lipinski definition) is 3.